The zero-order valence-electron chi connectivity index (χ0n) is 11.7. The van der Waals surface area contributed by atoms with Crippen molar-refractivity contribution >= 4 is 11.9 Å². The van der Waals surface area contributed by atoms with Crippen LogP contribution in [0.2, 0.25) is 0 Å². The highest BCUT2D eigenvalue weighted by molar-refractivity contribution is 5.84. The van der Waals surface area contributed by atoms with Crippen LogP contribution in [0.15, 0.2) is 24.5 Å². The van der Waals surface area contributed by atoms with Gasteiger partial charge in [0.05, 0.1) is 0 Å². The zero-order valence-corrected chi connectivity index (χ0v) is 11.7. The number of likely N-dealkylation sites (tertiary alicyclic amines) is 1. The van der Waals surface area contributed by atoms with Crippen molar-refractivity contribution < 1.29 is 14.3 Å². The van der Waals surface area contributed by atoms with Crippen molar-refractivity contribution in [2.75, 3.05) is 13.1 Å². The molecular weight excluding hydrogens is 256 g/mol. The molecule has 0 aliphatic carbocycles. The number of nitrogens with zero attached hydrogens (tertiary/aromatic N) is 2. The molecule has 2 heterocycles. The Hall–Kier alpha value is -1.91. The van der Waals surface area contributed by atoms with Crippen LogP contribution in [0, 0.1) is 0 Å². The van der Waals surface area contributed by atoms with Gasteiger partial charge in [-0.1, -0.05) is 0 Å². The molecule has 0 saturated carbocycles. The van der Waals surface area contributed by atoms with Gasteiger partial charge in [0.1, 0.15) is 0 Å². The smallest absolute Gasteiger partial charge is 0.303 e. The van der Waals surface area contributed by atoms with Crippen molar-refractivity contribution in [3.05, 3.63) is 30.1 Å². The first-order valence-corrected chi connectivity index (χ1v) is 7.02. The van der Waals surface area contributed by atoms with E-state index >= 15 is 0 Å². The molecule has 2 rings (SSSR count). The molecule has 20 heavy (non-hydrogen) atoms. The fourth-order valence-corrected chi connectivity index (χ4v) is 2.46. The fourth-order valence-electron chi connectivity index (χ4n) is 2.46. The van der Waals surface area contributed by atoms with E-state index in [0.717, 1.165) is 25.8 Å². The zero-order chi connectivity index (χ0) is 14.4. The third kappa shape index (κ3) is 4.05. The highest BCUT2D eigenvalue weighted by Crippen LogP contribution is 2.16. The molecule has 0 aromatic carbocycles. The van der Waals surface area contributed by atoms with Crippen LogP contribution in [-0.2, 0) is 20.7 Å². The van der Waals surface area contributed by atoms with E-state index < -0.39 is 6.10 Å². The second kappa shape index (κ2) is 7.03. The van der Waals surface area contributed by atoms with Crippen LogP contribution in [0.25, 0.3) is 0 Å². The Morgan fingerprint density at radius 2 is 2.20 bits per heavy atom. The minimum atomic E-state index is -0.581. The lowest BCUT2D eigenvalue weighted by Gasteiger charge is -2.31. The van der Waals surface area contributed by atoms with Gasteiger partial charge in [-0.3, -0.25) is 14.6 Å². The second-order valence-electron chi connectivity index (χ2n) is 5.02. The van der Waals surface area contributed by atoms with Crippen LogP contribution in [0.5, 0.6) is 0 Å². The summed E-state index contributed by atoms with van der Waals surface area (Å²) in [4.78, 5) is 28.9. The average molecular weight is 276 g/mol. The number of amides is 1. The minimum absolute atomic E-state index is 0.0545. The van der Waals surface area contributed by atoms with Gasteiger partial charge in [0.25, 0.3) is 5.91 Å². The first-order valence-electron chi connectivity index (χ1n) is 7.02. The predicted octanol–water partition coefficient (Wildman–Crippen LogP) is 1.57. The minimum Gasteiger partial charge on any atom is -0.452 e. The van der Waals surface area contributed by atoms with E-state index in [0.29, 0.717) is 13.0 Å². The topological polar surface area (TPSA) is 59.5 Å². The Labute approximate surface area is 118 Å². The monoisotopic (exact) mass is 276 g/mol. The van der Waals surface area contributed by atoms with E-state index in [1.807, 2.05) is 12.1 Å². The largest absolute Gasteiger partial charge is 0.452 e. The van der Waals surface area contributed by atoms with Crippen molar-refractivity contribution in [1.82, 2.24) is 9.88 Å². The van der Waals surface area contributed by atoms with Gasteiger partial charge in [-0.15, -0.1) is 0 Å². The number of hydrogen-bond donors (Lipinski definition) is 0. The molecule has 0 N–H and O–H groups in total. The summed E-state index contributed by atoms with van der Waals surface area (Å²) in [6, 6.07) is 3.97. The summed E-state index contributed by atoms with van der Waals surface area (Å²) in [5, 5.41) is 0. The number of hydrogen-bond acceptors (Lipinski definition) is 4. The van der Waals surface area contributed by atoms with Crippen LogP contribution < -0.4 is 0 Å². The lowest BCUT2D eigenvalue weighted by molar-refractivity contribution is -0.161. The number of ether oxygens (including phenoxy) is 1. The van der Waals surface area contributed by atoms with Crippen LogP contribution >= 0.6 is 0 Å². The van der Waals surface area contributed by atoms with Crippen LogP contribution in [0.1, 0.15) is 31.7 Å². The molecule has 1 amide bonds. The average Bonchev–Trinajstić information content (AvgIpc) is 2.43. The van der Waals surface area contributed by atoms with Crippen LogP contribution in [0.3, 0.4) is 0 Å². The molecule has 1 aromatic heterocycles. The number of carbonyl (C=O) groups is 2. The number of aryl methyl sites for hydroxylation is 1. The SMILES string of the molecule is CC(=O)OC1CCCN(CCCc2ccncc2)C1=O. The highest BCUT2D eigenvalue weighted by Gasteiger charge is 2.30. The molecule has 0 radical (unpaired) electrons. The molecule has 108 valence electrons. The first kappa shape index (κ1) is 14.5. The number of piperidine rings is 1. The maximum absolute atomic E-state index is 12.1. The van der Waals surface area contributed by atoms with Crippen LogP contribution in [0.4, 0.5) is 0 Å². The summed E-state index contributed by atoms with van der Waals surface area (Å²) >= 11 is 0. The molecule has 1 saturated heterocycles. The van der Waals surface area contributed by atoms with E-state index in [1.54, 1.807) is 17.3 Å². The Morgan fingerprint density at radius 3 is 2.90 bits per heavy atom. The third-order valence-corrected chi connectivity index (χ3v) is 3.43. The van der Waals surface area contributed by atoms with Crippen LogP contribution in [-0.4, -0.2) is 41.0 Å². The molecule has 1 aliphatic rings. The standard InChI is InChI=1S/C15H20N2O3/c1-12(18)20-14-5-3-11-17(15(14)19)10-2-4-13-6-8-16-9-7-13/h6-9,14H,2-5,10-11H2,1H3. The van der Waals surface area contributed by atoms with Crippen molar-refractivity contribution in [2.24, 2.45) is 0 Å². The van der Waals surface area contributed by atoms with E-state index in [9.17, 15) is 9.59 Å². The van der Waals surface area contributed by atoms with Crippen molar-refractivity contribution in [2.45, 2.75) is 38.7 Å². The van der Waals surface area contributed by atoms with Crippen molar-refractivity contribution in [3.63, 3.8) is 0 Å². The number of carbonyl (C=O) groups excluding carboxylic acids is 2. The van der Waals surface area contributed by atoms with Gasteiger partial charge >= 0.3 is 5.97 Å². The van der Waals surface area contributed by atoms with Gasteiger partial charge in [0.15, 0.2) is 6.10 Å². The predicted molar refractivity (Wildman–Crippen MR) is 73.9 cm³/mol. The molecule has 1 unspecified atom stereocenters. The number of aromatic nitrogens is 1. The van der Waals surface area contributed by atoms with Crippen molar-refractivity contribution in [3.8, 4) is 0 Å². The van der Waals surface area contributed by atoms with E-state index in [2.05, 4.69) is 4.98 Å². The van der Waals surface area contributed by atoms with E-state index in [1.165, 1.54) is 12.5 Å². The number of esters is 1. The Bertz CT molecular complexity index is 461. The second-order valence-corrected chi connectivity index (χ2v) is 5.02. The van der Waals surface area contributed by atoms with Crippen molar-refractivity contribution in [1.29, 1.82) is 0 Å². The maximum atomic E-state index is 12.1. The highest BCUT2D eigenvalue weighted by atomic mass is 16.5. The molecule has 0 bridgehead atoms. The number of rotatable bonds is 5. The van der Waals surface area contributed by atoms with Gasteiger partial charge in [-0.25, -0.2) is 0 Å². The molecule has 0 spiro atoms. The summed E-state index contributed by atoms with van der Waals surface area (Å²) < 4.78 is 5.06. The molecular formula is C15H20N2O3. The lowest BCUT2D eigenvalue weighted by Crippen LogP contribution is -2.46. The van der Waals surface area contributed by atoms with Gasteiger partial charge < -0.3 is 9.64 Å². The van der Waals surface area contributed by atoms with Gasteiger partial charge in [0, 0.05) is 32.4 Å². The maximum Gasteiger partial charge on any atom is 0.303 e. The molecule has 5 heteroatoms. The van der Waals surface area contributed by atoms with E-state index in [-0.39, 0.29) is 11.9 Å². The summed E-state index contributed by atoms with van der Waals surface area (Å²) in [7, 11) is 0. The normalized spacial score (nSPS) is 18.9. The molecule has 1 aliphatic heterocycles. The number of pyridine rings is 1. The Morgan fingerprint density at radius 1 is 1.45 bits per heavy atom. The van der Waals surface area contributed by atoms with Gasteiger partial charge in [-0.2, -0.15) is 0 Å². The third-order valence-electron chi connectivity index (χ3n) is 3.43. The lowest BCUT2D eigenvalue weighted by atomic mass is 10.1. The first-order chi connectivity index (χ1) is 9.66. The Balaban J connectivity index is 1.80. The summed E-state index contributed by atoms with van der Waals surface area (Å²) in [6.07, 6.45) is 6.32. The summed E-state index contributed by atoms with van der Waals surface area (Å²) in [6.45, 7) is 2.81. The Kier molecular flexibility index (Phi) is 5.09. The van der Waals surface area contributed by atoms with Gasteiger partial charge in [0.2, 0.25) is 0 Å². The molecule has 1 atom stereocenters. The quantitative estimate of drug-likeness (QED) is 0.766. The molecule has 1 fully saturated rings. The summed E-state index contributed by atoms with van der Waals surface area (Å²) in [5.74, 6) is -0.442. The molecule has 5 nitrogen and oxygen atoms in total. The summed E-state index contributed by atoms with van der Waals surface area (Å²) in [5.41, 5.74) is 1.22. The fraction of sp³-hybridized carbons (Fsp3) is 0.533. The van der Waals surface area contributed by atoms with E-state index in [4.69, 9.17) is 4.74 Å². The van der Waals surface area contributed by atoms with Gasteiger partial charge in [-0.05, 0) is 43.4 Å². The molecule has 1 aromatic rings.